The Morgan fingerprint density at radius 2 is 2.07 bits per heavy atom. The average Bonchev–Trinajstić information content (AvgIpc) is 3.15. The van der Waals surface area contributed by atoms with Crippen LogP contribution in [0.3, 0.4) is 0 Å². The molecule has 2 rings (SSSR count). The molecular formula is C23H39N7. The van der Waals surface area contributed by atoms with Gasteiger partial charge >= 0.3 is 0 Å². The maximum absolute atomic E-state index is 4.52. The average molecular weight is 414 g/mol. The summed E-state index contributed by atoms with van der Waals surface area (Å²) in [4.78, 5) is 2.19. The second-order valence-electron chi connectivity index (χ2n) is 8.41. The number of hydrogen-bond acceptors (Lipinski definition) is 6. The topological polar surface area (TPSA) is 58.8 Å². The fourth-order valence-electron chi connectivity index (χ4n) is 3.58. The van der Waals surface area contributed by atoms with Crippen molar-refractivity contribution in [1.82, 2.24) is 14.9 Å². The molecule has 0 aliphatic carbocycles. The Hall–Kier alpha value is -2.41. The second-order valence-corrected chi connectivity index (χ2v) is 8.41. The summed E-state index contributed by atoms with van der Waals surface area (Å²) in [7, 11) is 8.19. The lowest BCUT2D eigenvalue weighted by Gasteiger charge is -2.25. The minimum atomic E-state index is 0.115. The van der Waals surface area contributed by atoms with Gasteiger partial charge in [0.1, 0.15) is 0 Å². The Morgan fingerprint density at radius 1 is 1.33 bits per heavy atom. The number of benzene rings is 1. The number of hydrazone groups is 1. The molecule has 30 heavy (non-hydrogen) atoms. The van der Waals surface area contributed by atoms with E-state index in [1.165, 1.54) is 16.8 Å². The van der Waals surface area contributed by atoms with Crippen LogP contribution in [0, 0.1) is 0 Å². The van der Waals surface area contributed by atoms with Crippen molar-refractivity contribution in [1.29, 1.82) is 0 Å². The van der Waals surface area contributed by atoms with E-state index in [0.717, 1.165) is 25.9 Å². The Morgan fingerprint density at radius 3 is 2.70 bits per heavy atom. The van der Waals surface area contributed by atoms with Crippen LogP contribution in [-0.4, -0.2) is 74.0 Å². The zero-order valence-electron chi connectivity index (χ0n) is 19.7. The standard InChI is InChI=1S/C23H39N7/c1-8-18(2)21(25-22-12-10-9-11-20(22)17-28(4)5)14-16-29(6)27-26-19(3)23-13-15-24-30(23)7/h8-12,15,19,21,23,25H,13-14,16-17H2,1-7H3/b18-8+,27-26?/t19-,21?,23?/m0/s1. The van der Waals surface area contributed by atoms with Crippen molar-refractivity contribution >= 4 is 11.9 Å². The van der Waals surface area contributed by atoms with Gasteiger partial charge in [0.05, 0.1) is 12.1 Å². The summed E-state index contributed by atoms with van der Waals surface area (Å²) < 4.78 is 0. The number of likely N-dealkylation sites (N-methyl/N-ethyl adjacent to an activating group) is 1. The first-order chi connectivity index (χ1) is 14.3. The van der Waals surface area contributed by atoms with Gasteiger partial charge < -0.3 is 10.2 Å². The summed E-state index contributed by atoms with van der Waals surface area (Å²) in [6, 6.07) is 9.22. The monoisotopic (exact) mass is 413 g/mol. The highest BCUT2D eigenvalue weighted by Gasteiger charge is 2.23. The summed E-state index contributed by atoms with van der Waals surface area (Å²) in [5.41, 5.74) is 3.83. The largest absolute Gasteiger partial charge is 0.378 e. The van der Waals surface area contributed by atoms with Crippen molar-refractivity contribution < 1.29 is 0 Å². The van der Waals surface area contributed by atoms with E-state index in [0.29, 0.717) is 6.04 Å². The number of hydrogen-bond donors (Lipinski definition) is 1. The van der Waals surface area contributed by atoms with Crippen LogP contribution >= 0.6 is 0 Å². The van der Waals surface area contributed by atoms with E-state index in [9.17, 15) is 0 Å². The Balaban J connectivity index is 1.96. The summed E-state index contributed by atoms with van der Waals surface area (Å²) >= 11 is 0. The van der Waals surface area contributed by atoms with Gasteiger partial charge in [0.2, 0.25) is 0 Å². The zero-order chi connectivity index (χ0) is 22.1. The van der Waals surface area contributed by atoms with Gasteiger partial charge in [-0.05, 0) is 52.9 Å². The highest BCUT2D eigenvalue weighted by atomic mass is 15.5. The lowest BCUT2D eigenvalue weighted by Crippen LogP contribution is -2.32. The number of allylic oxidation sites excluding steroid dienone is 1. The fraction of sp³-hybridized carbons (Fsp3) is 0.609. The first kappa shape index (κ1) is 23.9. The normalized spacial score (nSPS) is 19.0. The molecule has 1 aromatic carbocycles. The molecule has 7 nitrogen and oxygen atoms in total. The molecule has 0 bridgehead atoms. The maximum atomic E-state index is 4.52. The van der Waals surface area contributed by atoms with Crippen LogP contribution in [0.5, 0.6) is 0 Å². The minimum Gasteiger partial charge on any atom is -0.378 e. The van der Waals surface area contributed by atoms with Gasteiger partial charge in [-0.1, -0.05) is 35.1 Å². The van der Waals surface area contributed by atoms with Crippen molar-refractivity contribution in [3.8, 4) is 0 Å². The van der Waals surface area contributed by atoms with Crippen molar-refractivity contribution in [2.24, 2.45) is 15.4 Å². The molecule has 3 atom stereocenters. The molecular weight excluding hydrogens is 374 g/mol. The van der Waals surface area contributed by atoms with Gasteiger partial charge in [-0.25, -0.2) is 0 Å². The molecule has 1 aliphatic heterocycles. The van der Waals surface area contributed by atoms with Crippen LogP contribution in [0.4, 0.5) is 5.69 Å². The Bertz CT molecular complexity index is 741. The van der Waals surface area contributed by atoms with Gasteiger partial charge in [-0.2, -0.15) is 10.2 Å². The van der Waals surface area contributed by atoms with Crippen molar-refractivity contribution in [3.63, 3.8) is 0 Å². The minimum absolute atomic E-state index is 0.115. The van der Waals surface area contributed by atoms with Gasteiger partial charge in [0.25, 0.3) is 0 Å². The summed E-state index contributed by atoms with van der Waals surface area (Å²) in [5.74, 6) is 0. The molecule has 0 amide bonds. The van der Waals surface area contributed by atoms with E-state index in [2.05, 4.69) is 90.9 Å². The molecule has 1 aromatic rings. The molecule has 2 unspecified atom stereocenters. The van der Waals surface area contributed by atoms with E-state index in [1.807, 2.05) is 30.3 Å². The zero-order valence-corrected chi connectivity index (χ0v) is 19.7. The SMILES string of the molecule is C/C=C(\C)C(CCN(C)N=N[C@@H](C)C1CC=NN1C)Nc1ccccc1CN(C)C. The van der Waals surface area contributed by atoms with E-state index >= 15 is 0 Å². The van der Waals surface area contributed by atoms with Gasteiger partial charge in [-0.3, -0.25) is 10.0 Å². The molecule has 166 valence electrons. The van der Waals surface area contributed by atoms with Crippen LogP contribution in [0.25, 0.3) is 0 Å². The molecule has 1 N–H and O–H groups in total. The molecule has 0 fully saturated rings. The summed E-state index contributed by atoms with van der Waals surface area (Å²) in [5, 5.41) is 20.9. The fourth-order valence-corrected chi connectivity index (χ4v) is 3.58. The molecule has 1 heterocycles. The molecule has 0 saturated carbocycles. The highest BCUT2D eigenvalue weighted by Crippen LogP contribution is 2.21. The Labute approximate surface area is 182 Å². The third-order valence-corrected chi connectivity index (χ3v) is 5.61. The third-order valence-electron chi connectivity index (χ3n) is 5.61. The molecule has 0 radical (unpaired) electrons. The molecule has 0 saturated heterocycles. The number of nitrogens with one attached hydrogen (secondary N) is 1. The van der Waals surface area contributed by atoms with Crippen LogP contribution in [-0.2, 0) is 6.54 Å². The number of para-hydroxylation sites is 1. The number of rotatable bonds is 11. The van der Waals surface area contributed by atoms with Crippen molar-refractivity contribution in [2.75, 3.05) is 40.1 Å². The van der Waals surface area contributed by atoms with Crippen LogP contribution in [0.1, 0.15) is 39.2 Å². The van der Waals surface area contributed by atoms with Crippen LogP contribution in [0.2, 0.25) is 0 Å². The van der Waals surface area contributed by atoms with E-state index < -0.39 is 0 Å². The predicted molar refractivity (Wildman–Crippen MR) is 127 cm³/mol. The van der Waals surface area contributed by atoms with E-state index in [4.69, 9.17) is 0 Å². The van der Waals surface area contributed by atoms with E-state index in [1.54, 1.807) is 0 Å². The van der Waals surface area contributed by atoms with E-state index in [-0.39, 0.29) is 12.1 Å². The Kier molecular flexibility index (Phi) is 9.30. The summed E-state index contributed by atoms with van der Waals surface area (Å²) in [6.45, 7) is 8.12. The number of nitrogens with zero attached hydrogens (tertiary/aromatic N) is 6. The molecule has 0 aromatic heterocycles. The highest BCUT2D eigenvalue weighted by molar-refractivity contribution is 5.60. The van der Waals surface area contributed by atoms with Gasteiger partial charge in [-0.15, -0.1) is 0 Å². The molecule has 0 spiro atoms. The maximum Gasteiger partial charge on any atom is 0.0924 e. The van der Waals surface area contributed by atoms with Crippen LogP contribution in [0.15, 0.2) is 51.4 Å². The predicted octanol–water partition coefficient (Wildman–Crippen LogP) is 4.26. The first-order valence-corrected chi connectivity index (χ1v) is 10.8. The van der Waals surface area contributed by atoms with Crippen LogP contribution < -0.4 is 5.32 Å². The second kappa shape index (κ2) is 11.7. The lowest BCUT2D eigenvalue weighted by atomic mass is 10.0. The summed E-state index contributed by atoms with van der Waals surface area (Å²) in [6.07, 6.45) is 6.01. The van der Waals surface area contributed by atoms with Crippen molar-refractivity contribution in [3.05, 3.63) is 41.5 Å². The van der Waals surface area contributed by atoms with Crippen molar-refractivity contribution in [2.45, 2.75) is 58.3 Å². The van der Waals surface area contributed by atoms with Gasteiger partial charge in [0.15, 0.2) is 0 Å². The van der Waals surface area contributed by atoms with Gasteiger partial charge in [0, 0.05) is 51.5 Å². The number of anilines is 1. The lowest BCUT2D eigenvalue weighted by molar-refractivity contribution is 0.237. The smallest absolute Gasteiger partial charge is 0.0924 e. The quantitative estimate of drug-likeness (QED) is 0.334. The first-order valence-electron chi connectivity index (χ1n) is 10.8. The third kappa shape index (κ3) is 7.13. The molecule has 1 aliphatic rings. The molecule has 7 heteroatoms.